The number of aliphatic carboxylic acids is 1. The number of nitrogens with zero attached hydrogens (tertiary/aromatic N) is 3. The third-order valence-corrected chi connectivity index (χ3v) is 7.38. The number of anilines is 1. The van der Waals surface area contributed by atoms with Gasteiger partial charge in [0.2, 0.25) is 0 Å². The van der Waals surface area contributed by atoms with E-state index in [9.17, 15) is 19.2 Å². The number of likely N-dealkylation sites (N-methyl/N-ethyl adjacent to an activating group) is 1. The second-order valence-electron chi connectivity index (χ2n) is 8.78. The van der Waals surface area contributed by atoms with Gasteiger partial charge in [-0.05, 0) is 30.7 Å². The predicted molar refractivity (Wildman–Crippen MR) is 146 cm³/mol. The second-order valence-corrected chi connectivity index (χ2v) is 9.76. The van der Waals surface area contributed by atoms with Gasteiger partial charge in [-0.25, -0.2) is 14.6 Å². The van der Waals surface area contributed by atoms with E-state index in [1.54, 1.807) is 44.3 Å². The Morgan fingerprint density at radius 2 is 1.57 bits per heavy atom. The van der Waals surface area contributed by atoms with Crippen LogP contribution in [0.25, 0.3) is 5.57 Å². The molecule has 3 heterocycles. The molecular weight excluding hydrogens is 538 g/mol. The van der Waals surface area contributed by atoms with Crippen LogP contribution in [0.2, 0.25) is 0 Å². The van der Waals surface area contributed by atoms with E-state index in [2.05, 4.69) is 4.99 Å². The Balaban J connectivity index is 0.000000867. The van der Waals surface area contributed by atoms with Gasteiger partial charge in [-0.1, -0.05) is 41.7 Å². The van der Waals surface area contributed by atoms with Crippen molar-refractivity contribution in [2.24, 2.45) is 4.99 Å². The van der Waals surface area contributed by atoms with Gasteiger partial charge in [0.15, 0.2) is 4.80 Å². The number of hydrogen-bond acceptors (Lipinski definition) is 9. The summed E-state index contributed by atoms with van der Waals surface area (Å²) in [4.78, 5) is 67.2. The van der Waals surface area contributed by atoms with E-state index >= 15 is 0 Å². The number of aromatic nitrogens is 1. The van der Waals surface area contributed by atoms with Crippen LogP contribution >= 0.6 is 11.3 Å². The van der Waals surface area contributed by atoms with Crippen molar-refractivity contribution in [3.8, 4) is 0 Å². The quantitative estimate of drug-likeness (QED) is 0.474. The van der Waals surface area contributed by atoms with Crippen molar-refractivity contribution in [3.05, 3.63) is 96.2 Å². The van der Waals surface area contributed by atoms with Crippen molar-refractivity contribution >= 4 is 46.4 Å². The monoisotopic (exact) mass is 563 g/mol. The van der Waals surface area contributed by atoms with E-state index in [-0.39, 0.29) is 16.0 Å². The van der Waals surface area contributed by atoms with Gasteiger partial charge in [-0.3, -0.25) is 19.0 Å². The molecule has 1 amide bonds. The number of carboxylic acid groups (broad SMARTS) is 1. The number of rotatable bonds is 3. The van der Waals surface area contributed by atoms with Crippen molar-refractivity contribution < 1.29 is 33.8 Å². The number of carbonyl (C=O) groups excluding carboxylic acids is 3. The Bertz CT molecular complexity index is 1760. The maximum absolute atomic E-state index is 13.9. The number of methoxy groups -OCH3 is 2. The Labute approximate surface area is 231 Å². The van der Waals surface area contributed by atoms with Gasteiger partial charge in [0.05, 0.1) is 48.4 Å². The van der Waals surface area contributed by atoms with Crippen molar-refractivity contribution in [2.45, 2.75) is 19.9 Å². The predicted octanol–water partition coefficient (Wildman–Crippen LogP) is 1.63. The summed E-state index contributed by atoms with van der Waals surface area (Å²) in [7, 11) is 4.21. The molecule has 0 spiro atoms. The summed E-state index contributed by atoms with van der Waals surface area (Å²) in [5, 5.41) is 7.42. The topological polar surface area (TPSA) is 145 Å². The van der Waals surface area contributed by atoms with Gasteiger partial charge in [0.1, 0.15) is 4.53 Å². The lowest BCUT2D eigenvalue weighted by Gasteiger charge is -2.24. The maximum atomic E-state index is 13.9. The number of fused-ring (bicyclic) bond motifs is 2. The number of benzene rings is 2. The van der Waals surface area contributed by atoms with Crippen LogP contribution in [0.3, 0.4) is 0 Å². The van der Waals surface area contributed by atoms with Gasteiger partial charge < -0.3 is 19.5 Å². The highest BCUT2D eigenvalue weighted by Gasteiger charge is 2.36. The molecule has 0 saturated carbocycles. The number of hydrogen-bond donors (Lipinski definition) is 1. The third-order valence-electron chi connectivity index (χ3n) is 6.33. The Morgan fingerprint density at radius 3 is 2.17 bits per heavy atom. The highest BCUT2D eigenvalue weighted by molar-refractivity contribution is 7.07. The maximum Gasteiger partial charge on any atom is 0.338 e. The lowest BCUT2D eigenvalue weighted by Crippen LogP contribution is -2.40. The molecule has 1 atom stereocenters. The van der Waals surface area contributed by atoms with E-state index in [0.717, 1.165) is 18.3 Å². The lowest BCUT2D eigenvalue weighted by atomic mass is 9.95. The minimum absolute atomic E-state index is 0.197. The van der Waals surface area contributed by atoms with Crippen molar-refractivity contribution in [3.63, 3.8) is 0 Å². The largest absolute Gasteiger partial charge is 0.481 e. The summed E-state index contributed by atoms with van der Waals surface area (Å²) in [6, 6.07) is 12.8. The fourth-order valence-corrected chi connectivity index (χ4v) is 5.70. The number of carbonyl (C=O) groups is 4. The van der Waals surface area contributed by atoms with Gasteiger partial charge in [0, 0.05) is 19.5 Å². The van der Waals surface area contributed by atoms with Crippen LogP contribution in [0.5, 0.6) is 0 Å². The Kier molecular flexibility index (Phi) is 7.82. The molecule has 0 aliphatic carbocycles. The van der Waals surface area contributed by atoms with Crippen LogP contribution in [0.15, 0.2) is 69.6 Å². The Hall–Kier alpha value is -4.84. The van der Waals surface area contributed by atoms with E-state index < -0.39 is 29.5 Å². The number of para-hydroxylation sites is 1. The van der Waals surface area contributed by atoms with Crippen LogP contribution in [0.1, 0.15) is 41.4 Å². The number of allylic oxidation sites excluding steroid dienone is 1. The lowest BCUT2D eigenvalue weighted by molar-refractivity contribution is -0.137. The summed E-state index contributed by atoms with van der Waals surface area (Å²) in [6.45, 7) is 2.76. The van der Waals surface area contributed by atoms with Gasteiger partial charge in [-0.15, -0.1) is 0 Å². The molecule has 0 fully saturated rings. The van der Waals surface area contributed by atoms with Crippen molar-refractivity contribution in [2.75, 3.05) is 26.2 Å². The van der Waals surface area contributed by atoms with Crippen LogP contribution in [0, 0.1) is 0 Å². The molecule has 1 N–H and O–H groups in total. The molecule has 0 bridgehead atoms. The molecule has 12 heteroatoms. The van der Waals surface area contributed by atoms with Crippen molar-refractivity contribution in [1.82, 2.24) is 4.57 Å². The summed E-state index contributed by atoms with van der Waals surface area (Å²) >= 11 is 1.10. The van der Waals surface area contributed by atoms with E-state index in [1.807, 2.05) is 18.2 Å². The zero-order valence-corrected chi connectivity index (χ0v) is 23.1. The van der Waals surface area contributed by atoms with Crippen LogP contribution in [-0.2, 0) is 23.9 Å². The second kappa shape index (κ2) is 11.1. The highest BCUT2D eigenvalue weighted by atomic mass is 32.1. The molecule has 0 saturated heterocycles. The van der Waals surface area contributed by atoms with E-state index in [1.165, 1.54) is 23.7 Å². The fourth-order valence-electron chi connectivity index (χ4n) is 4.57. The zero-order chi connectivity index (χ0) is 29.3. The van der Waals surface area contributed by atoms with Crippen molar-refractivity contribution in [1.29, 1.82) is 0 Å². The zero-order valence-electron chi connectivity index (χ0n) is 22.3. The minimum atomic E-state index is -0.862. The molecule has 3 aromatic rings. The van der Waals surface area contributed by atoms with Crippen LogP contribution < -0.4 is 19.8 Å². The standard InChI is InChI=1S/C26H21N3O6S.C2H4O2/c1-13-18(25(33)35-4)20(14-9-11-15(12-10-14)24(32)34-3)29-23(31)21(36-26(29)27-13)19-16-7-5-6-8-17(16)28(2)22(19)30;1-2(3)4/h5-12,20H,1-4H3;1H3,(H,3,4). The average Bonchev–Trinajstić information content (AvgIpc) is 3.38. The molecule has 40 heavy (non-hydrogen) atoms. The number of ether oxygens (including phenoxy) is 2. The number of carboxylic acids is 1. The first-order valence-corrected chi connectivity index (χ1v) is 12.7. The number of amides is 1. The average molecular weight is 564 g/mol. The fraction of sp³-hybridized carbons (Fsp3) is 0.214. The van der Waals surface area contributed by atoms with Gasteiger partial charge >= 0.3 is 11.9 Å². The number of esters is 2. The SMILES string of the molecule is CC(=O)O.COC(=O)C1=C(C)N=c2sc(=C3C(=O)N(C)c4ccccc43)c(=O)n2C1c1ccc(C(=O)OC)cc1. The van der Waals surface area contributed by atoms with Crippen LogP contribution in [0.4, 0.5) is 5.69 Å². The van der Waals surface area contributed by atoms with E-state index in [4.69, 9.17) is 19.4 Å². The molecule has 11 nitrogen and oxygen atoms in total. The molecule has 0 radical (unpaired) electrons. The molecule has 206 valence electrons. The normalized spacial score (nSPS) is 16.8. The van der Waals surface area contributed by atoms with Gasteiger partial charge in [-0.2, -0.15) is 0 Å². The molecule has 1 aromatic heterocycles. The summed E-state index contributed by atoms with van der Waals surface area (Å²) < 4.78 is 11.4. The van der Waals surface area contributed by atoms with Crippen LogP contribution in [-0.4, -0.2) is 54.8 Å². The molecule has 2 aliphatic heterocycles. The molecule has 2 aromatic carbocycles. The molecule has 5 rings (SSSR count). The first kappa shape index (κ1) is 28.2. The molecule has 2 aliphatic rings. The third kappa shape index (κ3) is 4.84. The Morgan fingerprint density at radius 1 is 0.975 bits per heavy atom. The van der Waals surface area contributed by atoms with Gasteiger partial charge in [0.25, 0.3) is 17.4 Å². The summed E-state index contributed by atoms with van der Waals surface area (Å²) in [6.07, 6.45) is 0. The van der Waals surface area contributed by atoms with E-state index in [0.29, 0.717) is 38.4 Å². The molecular formula is C28H25N3O8S. The first-order chi connectivity index (χ1) is 19.0. The number of thiazole rings is 1. The summed E-state index contributed by atoms with van der Waals surface area (Å²) in [5.41, 5.74) is 2.74. The first-order valence-electron chi connectivity index (χ1n) is 11.9. The smallest absolute Gasteiger partial charge is 0.338 e. The summed E-state index contributed by atoms with van der Waals surface area (Å²) in [5.74, 6) is -2.25. The molecule has 1 unspecified atom stereocenters. The minimum Gasteiger partial charge on any atom is -0.481 e. The highest BCUT2D eigenvalue weighted by Crippen LogP contribution is 2.34.